The van der Waals surface area contributed by atoms with E-state index in [-0.39, 0.29) is 16.8 Å². The highest BCUT2D eigenvalue weighted by atomic mass is 35.5. The van der Waals surface area contributed by atoms with Gasteiger partial charge in [0.15, 0.2) is 11.0 Å². The van der Waals surface area contributed by atoms with Gasteiger partial charge in [0.1, 0.15) is 0 Å². The minimum atomic E-state index is -0.440. The molecular formula is C7H5ClN4O2. The summed E-state index contributed by atoms with van der Waals surface area (Å²) in [4.78, 5) is 12.7. The second kappa shape index (κ2) is 3.22. The van der Waals surface area contributed by atoms with Crippen LogP contribution < -0.4 is 0 Å². The maximum atomic E-state index is 11.5. The molecule has 7 heteroatoms. The van der Waals surface area contributed by atoms with Crippen LogP contribution in [-0.4, -0.2) is 26.0 Å². The van der Waals surface area contributed by atoms with Gasteiger partial charge in [0, 0.05) is 0 Å². The number of rotatable bonds is 2. The Morgan fingerprint density at radius 3 is 2.86 bits per heavy atom. The van der Waals surface area contributed by atoms with Gasteiger partial charge in [0.25, 0.3) is 5.78 Å². The summed E-state index contributed by atoms with van der Waals surface area (Å²) in [6.07, 6.45) is 0. The second-order valence-corrected chi connectivity index (χ2v) is 2.91. The quantitative estimate of drug-likeness (QED) is 0.685. The van der Waals surface area contributed by atoms with Crippen LogP contribution in [0.4, 0.5) is 0 Å². The molecule has 0 unspecified atom stereocenters. The molecule has 0 saturated carbocycles. The number of hydrogen-bond acceptors (Lipinski definition) is 5. The fourth-order valence-electron chi connectivity index (χ4n) is 0.922. The summed E-state index contributed by atoms with van der Waals surface area (Å²) in [5.41, 5.74) is 0. The van der Waals surface area contributed by atoms with E-state index in [1.54, 1.807) is 7.05 Å². The smallest absolute Gasteiger partial charge is 0.269 e. The molecule has 14 heavy (non-hydrogen) atoms. The van der Waals surface area contributed by atoms with Gasteiger partial charge < -0.3 is 4.42 Å². The standard InChI is InChI=1S/C7H5ClN4O2/c1-12-10-7(9-11-12)6(13)4-2-3-5(8)14-4/h2-3H,1H3. The molecule has 0 aliphatic rings. The Morgan fingerprint density at radius 2 is 2.36 bits per heavy atom. The van der Waals surface area contributed by atoms with E-state index in [0.29, 0.717) is 0 Å². The summed E-state index contributed by atoms with van der Waals surface area (Å²) in [7, 11) is 1.57. The molecule has 0 N–H and O–H groups in total. The van der Waals surface area contributed by atoms with Crippen LogP contribution in [0.15, 0.2) is 16.5 Å². The molecule has 0 spiro atoms. The first kappa shape index (κ1) is 8.89. The predicted molar refractivity (Wildman–Crippen MR) is 45.9 cm³/mol. The number of ketones is 1. The number of halogens is 1. The van der Waals surface area contributed by atoms with E-state index >= 15 is 0 Å². The summed E-state index contributed by atoms with van der Waals surface area (Å²) in [5, 5.41) is 11.0. The van der Waals surface area contributed by atoms with Gasteiger partial charge in [-0.3, -0.25) is 4.79 Å². The molecule has 0 aromatic carbocycles. The Labute approximate surface area is 83.5 Å². The van der Waals surface area contributed by atoms with Crippen molar-refractivity contribution >= 4 is 17.4 Å². The minimum Gasteiger partial charge on any atom is -0.441 e. The van der Waals surface area contributed by atoms with E-state index in [4.69, 9.17) is 16.0 Å². The fraction of sp³-hybridized carbons (Fsp3) is 0.143. The molecule has 0 fully saturated rings. The lowest BCUT2D eigenvalue weighted by Crippen LogP contribution is -2.03. The van der Waals surface area contributed by atoms with Gasteiger partial charge in [-0.25, -0.2) is 0 Å². The SMILES string of the molecule is Cn1nnc(C(=O)c2ccc(Cl)o2)n1. The van der Waals surface area contributed by atoms with Crippen LogP contribution >= 0.6 is 11.6 Å². The van der Waals surface area contributed by atoms with Crippen LogP contribution in [0, 0.1) is 0 Å². The van der Waals surface area contributed by atoms with E-state index < -0.39 is 5.78 Å². The maximum absolute atomic E-state index is 11.5. The third-order valence-electron chi connectivity index (χ3n) is 1.51. The van der Waals surface area contributed by atoms with Crippen LogP contribution in [0.25, 0.3) is 0 Å². The van der Waals surface area contributed by atoms with Crippen molar-refractivity contribution in [1.82, 2.24) is 20.2 Å². The number of aryl methyl sites for hydroxylation is 1. The predicted octanol–water partition coefficient (Wildman–Crippen LogP) is 0.688. The van der Waals surface area contributed by atoms with E-state index in [9.17, 15) is 4.79 Å². The number of tetrazole rings is 1. The van der Waals surface area contributed by atoms with E-state index in [0.717, 1.165) is 0 Å². The molecule has 0 radical (unpaired) electrons. The van der Waals surface area contributed by atoms with Crippen molar-refractivity contribution in [3.63, 3.8) is 0 Å². The van der Waals surface area contributed by atoms with E-state index in [1.807, 2.05) is 0 Å². The molecule has 6 nitrogen and oxygen atoms in total. The van der Waals surface area contributed by atoms with Gasteiger partial charge >= 0.3 is 0 Å². The third-order valence-corrected chi connectivity index (χ3v) is 1.71. The van der Waals surface area contributed by atoms with Crippen molar-refractivity contribution in [2.75, 3.05) is 0 Å². The summed E-state index contributed by atoms with van der Waals surface area (Å²) in [6.45, 7) is 0. The highest BCUT2D eigenvalue weighted by Gasteiger charge is 2.18. The highest BCUT2D eigenvalue weighted by molar-refractivity contribution is 6.29. The minimum absolute atomic E-state index is 0.0153. The van der Waals surface area contributed by atoms with Crippen molar-refractivity contribution in [2.45, 2.75) is 0 Å². The Hall–Kier alpha value is -1.69. The first-order chi connectivity index (χ1) is 6.66. The van der Waals surface area contributed by atoms with E-state index in [1.165, 1.54) is 16.9 Å². The molecule has 2 rings (SSSR count). The Balaban J connectivity index is 2.33. The number of hydrogen-bond donors (Lipinski definition) is 0. The lowest BCUT2D eigenvalue weighted by Gasteiger charge is -1.87. The van der Waals surface area contributed by atoms with Gasteiger partial charge in [-0.15, -0.1) is 10.2 Å². The summed E-state index contributed by atoms with van der Waals surface area (Å²) >= 11 is 5.52. The van der Waals surface area contributed by atoms with E-state index in [2.05, 4.69) is 15.4 Å². The molecule has 2 heterocycles. The Kier molecular flexibility index (Phi) is 2.05. The average Bonchev–Trinajstić information content (AvgIpc) is 2.73. The Morgan fingerprint density at radius 1 is 1.57 bits per heavy atom. The van der Waals surface area contributed by atoms with Crippen LogP contribution in [-0.2, 0) is 7.05 Å². The fourth-order valence-corrected chi connectivity index (χ4v) is 1.07. The molecule has 72 valence electrons. The van der Waals surface area contributed by atoms with Gasteiger partial charge in [0.2, 0.25) is 5.82 Å². The first-order valence-electron chi connectivity index (χ1n) is 3.71. The number of aromatic nitrogens is 4. The lowest BCUT2D eigenvalue weighted by atomic mass is 10.3. The normalized spacial score (nSPS) is 10.4. The zero-order valence-corrected chi connectivity index (χ0v) is 7.89. The molecule has 2 aromatic rings. The third kappa shape index (κ3) is 1.51. The number of carbonyl (C=O) groups is 1. The van der Waals surface area contributed by atoms with Gasteiger partial charge in [-0.2, -0.15) is 4.80 Å². The first-order valence-corrected chi connectivity index (χ1v) is 4.08. The van der Waals surface area contributed by atoms with Gasteiger partial charge in [-0.1, -0.05) is 0 Å². The summed E-state index contributed by atoms with van der Waals surface area (Å²) < 4.78 is 4.91. The molecule has 0 aliphatic heterocycles. The molecule has 2 aromatic heterocycles. The number of carbonyl (C=O) groups excluding carboxylic acids is 1. The highest BCUT2D eigenvalue weighted by Crippen LogP contribution is 2.14. The van der Waals surface area contributed by atoms with Crippen LogP contribution in [0.3, 0.4) is 0 Å². The summed E-state index contributed by atoms with van der Waals surface area (Å²) in [6, 6.07) is 2.94. The number of nitrogens with zero attached hydrogens (tertiary/aromatic N) is 4. The molecule has 0 saturated heterocycles. The monoisotopic (exact) mass is 212 g/mol. The maximum Gasteiger partial charge on any atom is 0.269 e. The van der Waals surface area contributed by atoms with Crippen molar-refractivity contribution in [3.05, 3.63) is 28.9 Å². The van der Waals surface area contributed by atoms with Crippen molar-refractivity contribution in [2.24, 2.45) is 7.05 Å². The summed E-state index contributed by atoms with van der Waals surface area (Å²) in [5.74, 6) is -0.355. The lowest BCUT2D eigenvalue weighted by molar-refractivity contribution is 0.0999. The molecule has 0 aliphatic carbocycles. The van der Waals surface area contributed by atoms with Gasteiger partial charge in [0.05, 0.1) is 7.05 Å². The second-order valence-electron chi connectivity index (χ2n) is 2.54. The molecular weight excluding hydrogens is 208 g/mol. The molecule has 0 amide bonds. The van der Waals surface area contributed by atoms with Crippen LogP contribution in [0.1, 0.15) is 16.4 Å². The van der Waals surface area contributed by atoms with Crippen LogP contribution in [0.2, 0.25) is 5.22 Å². The molecule has 0 atom stereocenters. The zero-order chi connectivity index (χ0) is 10.1. The zero-order valence-electron chi connectivity index (χ0n) is 7.14. The van der Waals surface area contributed by atoms with Crippen molar-refractivity contribution in [1.29, 1.82) is 0 Å². The Bertz CT molecular complexity index is 433. The van der Waals surface area contributed by atoms with Crippen molar-refractivity contribution < 1.29 is 9.21 Å². The molecule has 0 bridgehead atoms. The average molecular weight is 213 g/mol. The topological polar surface area (TPSA) is 73.8 Å². The number of furan rings is 1. The van der Waals surface area contributed by atoms with Crippen molar-refractivity contribution in [3.8, 4) is 0 Å². The van der Waals surface area contributed by atoms with Crippen LogP contribution in [0.5, 0.6) is 0 Å². The largest absolute Gasteiger partial charge is 0.441 e. The van der Waals surface area contributed by atoms with Gasteiger partial charge in [-0.05, 0) is 28.9 Å².